The Morgan fingerprint density at radius 1 is 0.617 bits per heavy atom. The first-order valence-electron chi connectivity index (χ1n) is 19.2. The number of hydrogen-bond acceptors (Lipinski definition) is 6. The van der Waals surface area contributed by atoms with Gasteiger partial charge in [-0.2, -0.15) is 0 Å². The highest BCUT2D eigenvalue weighted by Crippen LogP contribution is 2.14. The maximum Gasteiger partial charge on any atom is 0.362 e. The quantitative estimate of drug-likeness (QED) is 0.0315. The van der Waals surface area contributed by atoms with E-state index in [9.17, 15) is 19.5 Å². The van der Waals surface area contributed by atoms with Crippen LogP contribution in [0, 0.1) is 0 Å². The number of hydrogen-bond donors (Lipinski definition) is 1. The van der Waals surface area contributed by atoms with E-state index in [1.807, 2.05) is 28.1 Å². The smallest absolute Gasteiger partial charge is 0.362 e. The van der Waals surface area contributed by atoms with Gasteiger partial charge in [0, 0.05) is 19.3 Å². The van der Waals surface area contributed by atoms with Gasteiger partial charge in [-0.3, -0.25) is 9.59 Å². The fourth-order valence-electron chi connectivity index (χ4n) is 5.59. The molecule has 0 aromatic rings. The van der Waals surface area contributed by atoms with Crippen LogP contribution in [0.25, 0.3) is 0 Å². The molecule has 47 heavy (non-hydrogen) atoms. The van der Waals surface area contributed by atoms with Gasteiger partial charge < -0.3 is 23.8 Å². The maximum absolute atomic E-state index is 12.5. The molecule has 2 atom stereocenters. The van der Waals surface area contributed by atoms with Crippen molar-refractivity contribution in [3.8, 4) is 0 Å². The number of carboxylic acids is 1. The third kappa shape index (κ3) is 29.9. The molecule has 8 nitrogen and oxygen atoms in total. The molecule has 0 amide bonds. The molecule has 0 fully saturated rings. The number of rotatable bonds is 34. The van der Waals surface area contributed by atoms with Gasteiger partial charge in [-0.15, -0.1) is 0 Å². The van der Waals surface area contributed by atoms with Crippen LogP contribution in [0.3, 0.4) is 0 Å². The molecule has 0 bridgehead atoms. The Morgan fingerprint density at radius 3 is 1.57 bits per heavy atom. The van der Waals surface area contributed by atoms with Gasteiger partial charge in [-0.25, -0.2) is 4.79 Å². The zero-order chi connectivity index (χ0) is 35.0. The van der Waals surface area contributed by atoms with Crippen LogP contribution in [0.4, 0.5) is 0 Å². The van der Waals surface area contributed by atoms with Gasteiger partial charge in [0.05, 0.1) is 34.4 Å². The van der Waals surface area contributed by atoms with Crippen LogP contribution in [0.15, 0.2) is 12.2 Å². The molecule has 0 saturated heterocycles. The second-order valence-electron chi connectivity index (χ2n) is 14.2. The molecular weight excluding hydrogens is 594 g/mol. The SMILES string of the molecule is CCCCCCCCCC/C=C\CCCCCCCCCCCC(=O)OC(COCCC(C(=O)O)[N+](C)(C)C)COC(=O)CCCC. The molecule has 0 radical (unpaired) electrons. The Hall–Kier alpha value is -1.93. The first kappa shape index (κ1) is 45.1. The Bertz CT molecular complexity index is 793. The number of carbonyl (C=O) groups excluding carboxylic acids is 2. The van der Waals surface area contributed by atoms with Crippen LogP contribution in [0.2, 0.25) is 0 Å². The van der Waals surface area contributed by atoms with Crippen LogP contribution in [-0.4, -0.2) is 80.6 Å². The van der Waals surface area contributed by atoms with Crippen molar-refractivity contribution < 1.29 is 38.2 Å². The van der Waals surface area contributed by atoms with E-state index in [0.717, 1.165) is 32.1 Å². The number of likely N-dealkylation sites (N-methyl/N-ethyl adjacent to an activating group) is 1. The molecule has 0 aromatic carbocycles. The van der Waals surface area contributed by atoms with E-state index in [2.05, 4.69) is 19.1 Å². The van der Waals surface area contributed by atoms with Gasteiger partial charge in [0.2, 0.25) is 0 Å². The van der Waals surface area contributed by atoms with Crippen molar-refractivity contribution in [2.24, 2.45) is 0 Å². The predicted molar refractivity (Wildman–Crippen MR) is 192 cm³/mol. The van der Waals surface area contributed by atoms with E-state index < -0.39 is 18.1 Å². The zero-order valence-electron chi connectivity index (χ0n) is 31.2. The van der Waals surface area contributed by atoms with Gasteiger partial charge >= 0.3 is 17.9 Å². The summed E-state index contributed by atoms with van der Waals surface area (Å²) in [6, 6.07) is -0.607. The van der Waals surface area contributed by atoms with Crippen molar-refractivity contribution in [1.82, 2.24) is 0 Å². The number of esters is 2. The highest BCUT2D eigenvalue weighted by molar-refractivity contribution is 5.72. The van der Waals surface area contributed by atoms with Crippen LogP contribution in [-0.2, 0) is 28.6 Å². The highest BCUT2D eigenvalue weighted by atomic mass is 16.6. The van der Waals surface area contributed by atoms with Gasteiger partial charge in [0.1, 0.15) is 6.61 Å². The fourth-order valence-corrected chi connectivity index (χ4v) is 5.59. The van der Waals surface area contributed by atoms with Gasteiger partial charge in [0.15, 0.2) is 12.1 Å². The summed E-state index contributed by atoms with van der Waals surface area (Å²) in [6.07, 6.45) is 30.7. The molecule has 0 heterocycles. The summed E-state index contributed by atoms with van der Waals surface area (Å²) in [5.74, 6) is -1.51. The molecule has 0 rings (SSSR count). The van der Waals surface area contributed by atoms with E-state index in [1.165, 1.54) is 103 Å². The highest BCUT2D eigenvalue weighted by Gasteiger charge is 2.31. The van der Waals surface area contributed by atoms with Crippen LogP contribution in [0.1, 0.15) is 168 Å². The Labute approximate surface area is 289 Å². The van der Waals surface area contributed by atoms with E-state index >= 15 is 0 Å². The minimum Gasteiger partial charge on any atom is -0.477 e. The van der Waals surface area contributed by atoms with E-state index in [-0.39, 0.29) is 36.2 Å². The standard InChI is InChI=1S/C39H73NO7/c1-6-8-10-11-12-13-14-15-16-17-18-19-20-21-22-23-24-25-26-27-28-30-38(42)47-35(34-46-37(41)29-9-7-2)33-45-32-31-36(39(43)44)40(3,4)5/h17-18,35-36H,6-16,19-34H2,1-5H3/p+1/b18-17-. The Balaban J connectivity index is 4.01. The average Bonchev–Trinajstić information content (AvgIpc) is 3.02. The largest absolute Gasteiger partial charge is 0.477 e. The van der Waals surface area contributed by atoms with Crippen molar-refractivity contribution >= 4 is 17.9 Å². The normalized spacial score (nSPS) is 13.1. The topological polar surface area (TPSA) is 99.1 Å². The first-order valence-corrected chi connectivity index (χ1v) is 19.2. The lowest BCUT2D eigenvalue weighted by Crippen LogP contribution is -2.50. The Kier molecular flexibility index (Phi) is 30.1. The summed E-state index contributed by atoms with van der Waals surface area (Å²) in [5.41, 5.74) is 0. The van der Waals surface area contributed by atoms with Crippen molar-refractivity contribution in [2.75, 3.05) is 41.0 Å². The summed E-state index contributed by atoms with van der Waals surface area (Å²) in [5, 5.41) is 9.51. The maximum atomic E-state index is 12.5. The minimum absolute atomic E-state index is 0.0540. The number of quaternary nitrogens is 1. The number of carboxylic acid groups (broad SMARTS) is 1. The lowest BCUT2D eigenvalue weighted by Gasteiger charge is -2.31. The molecule has 0 saturated carbocycles. The number of carbonyl (C=O) groups is 3. The molecule has 8 heteroatoms. The van der Waals surface area contributed by atoms with Crippen LogP contribution >= 0.6 is 0 Å². The number of ether oxygens (including phenoxy) is 3. The minimum atomic E-state index is -0.878. The predicted octanol–water partition coefficient (Wildman–Crippen LogP) is 9.58. The second-order valence-corrected chi connectivity index (χ2v) is 14.2. The Morgan fingerprint density at radius 2 is 1.09 bits per heavy atom. The summed E-state index contributed by atoms with van der Waals surface area (Å²) >= 11 is 0. The second kappa shape index (κ2) is 31.3. The van der Waals surface area contributed by atoms with Crippen LogP contribution < -0.4 is 0 Å². The molecule has 0 aliphatic heterocycles. The summed E-state index contributed by atoms with van der Waals surface area (Å²) in [6.45, 7) is 4.50. The van der Waals surface area contributed by atoms with Crippen molar-refractivity contribution in [3.63, 3.8) is 0 Å². The molecule has 276 valence electrons. The molecular formula is C39H74NO7+. The first-order chi connectivity index (χ1) is 22.6. The monoisotopic (exact) mass is 669 g/mol. The summed E-state index contributed by atoms with van der Waals surface area (Å²) in [4.78, 5) is 36.1. The van der Waals surface area contributed by atoms with E-state index in [1.54, 1.807) is 0 Å². The lowest BCUT2D eigenvalue weighted by atomic mass is 10.1. The zero-order valence-corrected chi connectivity index (χ0v) is 31.2. The molecule has 2 unspecified atom stereocenters. The van der Waals surface area contributed by atoms with Gasteiger partial charge in [-0.05, 0) is 38.5 Å². The van der Waals surface area contributed by atoms with Crippen LogP contribution in [0.5, 0.6) is 0 Å². The number of allylic oxidation sites excluding steroid dienone is 2. The summed E-state index contributed by atoms with van der Waals surface area (Å²) in [7, 11) is 5.50. The van der Waals surface area contributed by atoms with Crippen molar-refractivity contribution in [2.45, 2.75) is 180 Å². The van der Waals surface area contributed by atoms with Gasteiger partial charge in [0.25, 0.3) is 0 Å². The van der Waals surface area contributed by atoms with Crippen molar-refractivity contribution in [3.05, 3.63) is 12.2 Å². The molecule has 0 aromatic heterocycles. The molecule has 0 aliphatic carbocycles. The molecule has 0 spiro atoms. The molecule has 1 N–H and O–H groups in total. The van der Waals surface area contributed by atoms with E-state index in [0.29, 0.717) is 19.3 Å². The third-order valence-corrected chi connectivity index (χ3v) is 8.66. The average molecular weight is 669 g/mol. The third-order valence-electron chi connectivity index (χ3n) is 8.66. The summed E-state index contributed by atoms with van der Waals surface area (Å²) < 4.78 is 16.9. The van der Waals surface area contributed by atoms with Gasteiger partial charge in [-0.1, -0.05) is 122 Å². The van der Waals surface area contributed by atoms with Crippen molar-refractivity contribution in [1.29, 1.82) is 0 Å². The number of unbranched alkanes of at least 4 members (excludes halogenated alkanes) is 18. The van der Waals surface area contributed by atoms with E-state index in [4.69, 9.17) is 14.2 Å². The number of nitrogens with zero attached hydrogens (tertiary/aromatic N) is 1. The lowest BCUT2D eigenvalue weighted by molar-refractivity contribution is -0.887. The number of aliphatic carboxylic acids is 1. The molecule has 0 aliphatic rings. The fraction of sp³-hybridized carbons (Fsp3) is 0.872.